The zero-order chi connectivity index (χ0) is 27.1. The Morgan fingerprint density at radius 2 is 1.49 bits per heavy atom. The van der Waals surface area contributed by atoms with E-state index in [1.165, 1.54) is 49.6 Å². The fourth-order valence-corrected chi connectivity index (χ4v) is 3.02. The molecule has 14 nitrogen and oxygen atoms in total. The van der Waals surface area contributed by atoms with E-state index in [1.807, 2.05) is 0 Å². The predicted molar refractivity (Wildman–Crippen MR) is 128 cm³/mol. The second-order valence-electron chi connectivity index (χ2n) is 7.10. The smallest absolute Gasteiger partial charge is 0.318 e. The summed E-state index contributed by atoms with van der Waals surface area (Å²) in [5, 5.41) is 45.0. The summed E-state index contributed by atoms with van der Waals surface area (Å²) in [6.45, 7) is 0. The van der Waals surface area contributed by atoms with Crippen molar-refractivity contribution in [2.24, 2.45) is 0 Å². The van der Waals surface area contributed by atoms with Gasteiger partial charge >= 0.3 is 5.69 Å². The number of amides is 1. The Hall–Kier alpha value is -5.84. The molecule has 0 atom stereocenters. The molecule has 1 amide bonds. The third kappa shape index (κ3) is 6.19. The van der Waals surface area contributed by atoms with Crippen molar-refractivity contribution >= 4 is 34.7 Å². The van der Waals surface area contributed by atoms with E-state index in [0.29, 0.717) is 5.56 Å². The summed E-state index contributed by atoms with van der Waals surface area (Å²) in [7, 11) is 1.31. The molecule has 37 heavy (non-hydrogen) atoms. The maximum absolute atomic E-state index is 12.6. The minimum absolute atomic E-state index is 0.00344. The quantitative estimate of drug-likeness (QED) is 0.183. The fourth-order valence-electron chi connectivity index (χ4n) is 3.02. The molecule has 0 bridgehead atoms. The number of nitrogens with one attached hydrogen (secondary N) is 1. The lowest BCUT2D eigenvalue weighted by atomic mass is 10.1. The van der Waals surface area contributed by atoms with Crippen LogP contribution in [-0.2, 0) is 4.79 Å². The van der Waals surface area contributed by atoms with Gasteiger partial charge in [-0.3, -0.25) is 35.1 Å². The molecule has 3 rings (SSSR count). The maximum atomic E-state index is 12.6. The van der Waals surface area contributed by atoms with E-state index < -0.39 is 32.1 Å². The molecule has 0 saturated heterocycles. The minimum Gasteiger partial charge on any atom is -0.495 e. The number of nitro benzene ring substituents is 3. The molecule has 14 heteroatoms. The molecule has 0 saturated carbocycles. The number of rotatable bonds is 9. The van der Waals surface area contributed by atoms with E-state index in [0.717, 1.165) is 24.3 Å². The molecule has 0 fully saturated rings. The number of hydrogen-bond acceptors (Lipinski definition) is 10. The number of nitrogens with zero attached hydrogens (tertiary/aromatic N) is 4. The van der Waals surface area contributed by atoms with Crippen LogP contribution in [-0.4, -0.2) is 27.8 Å². The van der Waals surface area contributed by atoms with Crippen LogP contribution in [0.15, 0.2) is 66.2 Å². The van der Waals surface area contributed by atoms with E-state index >= 15 is 0 Å². The normalized spacial score (nSPS) is 10.6. The molecular formula is C23H15N5O9. The first-order chi connectivity index (χ1) is 17.6. The molecule has 0 heterocycles. The number of anilines is 1. The zero-order valence-electron chi connectivity index (χ0n) is 18.8. The Bertz CT molecular complexity index is 1480. The van der Waals surface area contributed by atoms with E-state index in [1.54, 1.807) is 6.07 Å². The monoisotopic (exact) mass is 505 g/mol. The number of nitro groups is 3. The van der Waals surface area contributed by atoms with Gasteiger partial charge < -0.3 is 14.8 Å². The highest BCUT2D eigenvalue weighted by Gasteiger charge is 2.21. The number of hydrogen-bond donors (Lipinski definition) is 1. The average Bonchev–Trinajstić information content (AvgIpc) is 2.87. The highest BCUT2D eigenvalue weighted by Crippen LogP contribution is 2.34. The minimum atomic E-state index is -0.844. The molecule has 0 spiro atoms. The van der Waals surface area contributed by atoms with Crippen LogP contribution in [0.25, 0.3) is 6.08 Å². The van der Waals surface area contributed by atoms with Crippen LogP contribution in [0.4, 0.5) is 22.7 Å². The Kier molecular flexibility index (Phi) is 7.70. The lowest BCUT2D eigenvalue weighted by Crippen LogP contribution is -2.14. The van der Waals surface area contributed by atoms with E-state index in [-0.39, 0.29) is 34.2 Å². The number of methoxy groups -OCH3 is 1. The van der Waals surface area contributed by atoms with Gasteiger partial charge in [0.05, 0.1) is 33.6 Å². The lowest BCUT2D eigenvalue weighted by Gasteiger charge is -2.09. The average molecular weight is 505 g/mol. The van der Waals surface area contributed by atoms with E-state index in [2.05, 4.69) is 5.32 Å². The van der Waals surface area contributed by atoms with Crippen molar-refractivity contribution < 1.29 is 29.0 Å². The van der Waals surface area contributed by atoms with Gasteiger partial charge in [0.2, 0.25) is 5.75 Å². The Morgan fingerprint density at radius 3 is 2.03 bits per heavy atom. The summed E-state index contributed by atoms with van der Waals surface area (Å²) in [5.41, 5.74) is -1.29. The van der Waals surface area contributed by atoms with Gasteiger partial charge in [0, 0.05) is 18.2 Å². The maximum Gasteiger partial charge on any atom is 0.318 e. The third-order valence-electron chi connectivity index (χ3n) is 4.78. The molecule has 0 aliphatic rings. The van der Waals surface area contributed by atoms with Crippen molar-refractivity contribution in [1.82, 2.24) is 0 Å². The molecule has 0 radical (unpaired) electrons. The van der Waals surface area contributed by atoms with Gasteiger partial charge in [-0.25, -0.2) is 0 Å². The summed E-state index contributed by atoms with van der Waals surface area (Å²) in [5.74, 6) is -0.763. The molecule has 186 valence electrons. The van der Waals surface area contributed by atoms with Gasteiger partial charge in [0.25, 0.3) is 17.3 Å². The first-order valence-electron chi connectivity index (χ1n) is 10.1. The van der Waals surface area contributed by atoms with Crippen molar-refractivity contribution in [2.75, 3.05) is 12.4 Å². The van der Waals surface area contributed by atoms with Crippen molar-refractivity contribution in [3.8, 4) is 23.3 Å². The van der Waals surface area contributed by atoms with Gasteiger partial charge in [0.15, 0.2) is 0 Å². The molecule has 0 aromatic heterocycles. The van der Waals surface area contributed by atoms with Gasteiger partial charge in [-0.2, -0.15) is 5.26 Å². The third-order valence-corrected chi connectivity index (χ3v) is 4.78. The van der Waals surface area contributed by atoms with Crippen molar-refractivity contribution in [3.05, 3.63) is 102 Å². The number of ether oxygens (including phenoxy) is 2. The highest BCUT2D eigenvalue weighted by molar-refractivity contribution is 6.10. The number of carbonyl (C=O) groups excluding carboxylic acids is 1. The molecule has 0 aliphatic carbocycles. The van der Waals surface area contributed by atoms with Crippen LogP contribution in [0.5, 0.6) is 17.2 Å². The van der Waals surface area contributed by atoms with Gasteiger partial charge in [0.1, 0.15) is 23.1 Å². The van der Waals surface area contributed by atoms with Crippen LogP contribution in [0.1, 0.15) is 5.56 Å². The highest BCUT2D eigenvalue weighted by atomic mass is 16.6. The van der Waals surface area contributed by atoms with E-state index in [4.69, 9.17) is 9.47 Å². The van der Waals surface area contributed by atoms with Crippen LogP contribution in [0, 0.1) is 41.7 Å². The summed E-state index contributed by atoms with van der Waals surface area (Å²) >= 11 is 0. The number of benzene rings is 3. The Labute approximate surface area is 207 Å². The SMILES string of the molecule is COc1ccc([N+](=O)[O-])cc1NC(=O)/C(C#N)=C/c1ccc(Oc2ccc([N+](=O)[O-])cc2[N+](=O)[O-])cc1. The molecule has 1 N–H and O–H groups in total. The van der Waals surface area contributed by atoms with Crippen molar-refractivity contribution in [2.45, 2.75) is 0 Å². The molecule has 3 aromatic rings. The van der Waals surface area contributed by atoms with Crippen molar-refractivity contribution in [1.29, 1.82) is 5.26 Å². The van der Waals surface area contributed by atoms with E-state index in [9.17, 15) is 40.4 Å². The molecular weight excluding hydrogens is 490 g/mol. The topological polar surface area (TPSA) is 201 Å². The fraction of sp³-hybridized carbons (Fsp3) is 0.0435. The number of nitriles is 1. The zero-order valence-corrected chi connectivity index (χ0v) is 18.8. The molecule has 3 aromatic carbocycles. The van der Waals surface area contributed by atoms with Crippen LogP contribution in [0.3, 0.4) is 0 Å². The summed E-state index contributed by atoms with van der Waals surface area (Å²) in [6.07, 6.45) is 1.25. The molecule has 0 unspecified atom stereocenters. The standard InChI is InChI=1S/C23H15N5O9/c1-36-21-8-4-16(26(30)31)11-19(21)25-23(29)15(13-24)10-14-2-6-18(7-3-14)37-22-9-5-17(27(32)33)12-20(22)28(34)35/h2-12H,1H3,(H,25,29)/b15-10+. The number of non-ortho nitro benzene ring substituents is 2. The first kappa shape index (κ1) is 25.8. The largest absolute Gasteiger partial charge is 0.495 e. The Balaban J connectivity index is 1.81. The summed E-state index contributed by atoms with van der Waals surface area (Å²) < 4.78 is 10.6. The molecule has 0 aliphatic heterocycles. The van der Waals surface area contributed by atoms with Crippen molar-refractivity contribution in [3.63, 3.8) is 0 Å². The summed E-state index contributed by atoms with van der Waals surface area (Å²) in [6, 6.07) is 14.0. The first-order valence-corrected chi connectivity index (χ1v) is 10.1. The van der Waals surface area contributed by atoms with Gasteiger partial charge in [-0.15, -0.1) is 0 Å². The van der Waals surface area contributed by atoms with Crippen LogP contribution >= 0.6 is 0 Å². The lowest BCUT2D eigenvalue weighted by molar-refractivity contribution is -0.394. The Morgan fingerprint density at radius 1 is 0.892 bits per heavy atom. The second-order valence-corrected chi connectivity index (χ2v) is 7.10. The van der Waals surface area contributed by atoms with Gasteiger partial charge in [-0.1, -0.05) is 12.1 Å². The van der Waals surface area contributed by atoms with Crippen LogP contribution in [0.2, 0.25) is 0 Å². The van der Waals surface area contributed by atoms with Crippen LogP contribution < -0.4 is 14.8 Å². The van der Waals surface area contributed by atoms with Gasteiger partial charge in [-0.05, 0) is 35.9 Å². The summed E-state index contributed by atoms with van der Waals surface area (Å²) in [4.78, 5) is 43.6. The predicted octanol–water partition coefficient (Wildman–Crippen LogP) is 4.76. The second kappa shape index (κ2) is 11.1. The number of carbonyl (C=O) groups is 1.